The van der Waals surface area contributed by atoms with Crippen molar-refractivity contribution in [1.82, 2.24) is 14.7 Å². The molecule has 96 valence electrons. The van der Waals surface area contributed by atoms with Crippen LogP contribution in [-0.4, -0.2) is 29.1 Å². The molecule has 4 heteroatoms. The fraction of sp³-hybridized carbons (Fsp3) is 0.500. The minimum atomic E-state index is 0.550. The van der Waals surface area contributed by atoms with Crippen LogP contribution < -0.4 is 10.1 Å². The largest absolute Gasteiger partial charge is 0.482 e. The van der Waals surface area contributed by atoms with E-state index in [1.54, 1.807) is 7.11 Å². The van der Waals surface area contributed by atoms with Gasteiger partial charge in [-0.1, -0.05) is 12.5 Å². The first kappa shape index (κ1) is 11.5. The first-order valence-corrected chi connectivity index (χ1v) is 6.61. The van der Waals surface area contributed by atoms with Crippen molar-refractivity contribution in [2.75, 3.05) is 13.7 Å². The van der Waals surface area contributed by atoms with Crippen molar-refractivity contribution in [2.24, 2.45) is 0 Å². The van der Waals surface area contributed by atoms with Crippen molar-refractivity contribution in [3.8, 4) is 5.88 Å². The number of nitrogens with zero attached hydrogens (tertiary/aromatic N) is 2. The molecule has 0 aromatic carbocycles. The van der Waals surface area contributed by atoms with Crippen molar-refractivity contribution in [3.63, 3.8) is 0 Å². The summed E-state index contributed by atoms with van der Waals surface area (Å²) in [5.41, 5.74) is 1.10. The molecule has 0 bridgehead atoms. The van der Waals surface area contributed by atoms with Crippen molar-refractivity contribution in [2.45, 2.75) is 31.7 Å². The van der Waals surface area contributed by atoms with Crippen LogP contribution in [0.4, 0.5) is 0 Å². The van der Waals surface area contributed by atoms with Gasteiger partial charge in [0.15, 0.2) is 5.88 Å². The predicted octanol–water partition coefficient (Wildman–Crippen LogP) is 2.03. The SMILES string of the molecule is COc1cccc2cnc(CC3CCCCN3)n12. The van der Waals surface area contributed by atoms with Gasteiger partial charge in [0.2, 0.25) is 0 Å². The van der Waals surface area contributed by atoms with Crippen LogP contribution in [0.25, 0.3) is 5.52 Å². The molecule has 1 aliphatic heterocycles. The Labute approximate surface area is 107 Å². The molecule has 4 nitrogen and oxygen atoms in total. The second kappa shape index (κ2) is 4.98. The molecule has 1 N–H and O–H groups in total. The quantitative estimate of drug-likeness (QED) is 0.899. The average molecular weight is 245 g/mol. The summed E-state index contributed by atoms with van der Waals surface area (Å²) in [5, 5.41) is 3.57. The second-order valence-electron chi connectivity index (χ2n) is 4.85. The third kappa shape index (κ3) is 2.08. The number of nitrogens with one attached hydrogen (secondary N) is 1. The zero-order chi connectivity index (χ0) is 12.4. The summed E-state index contributed by atoms with van der Waals surface area (Å²) in [7, 11) is 1.71. The third-order valence-electron chi connectivity index (χ3n) is 3.64. The molecular formula is C14H19N3O. The van der Waals surface area contributed by atoms with Gasteiger partial charge >= 0.3 is 0 Å². The van der Waals surface area contributed by atoms with Gasteiger partial charge in [-0.15, -0.1) is 0 Å². The fourth-order valence-corrected chi connectivity index (χ4v) is 2.70. The predicted molar refractivity (Wildman–Crippen MR) is 71.1 cm³/mol. The lowest BCUT2D eigenvalue weighted by Crippen LogP contribution is -2.36. The Morgan fingerprint density at radius 3 is 3.17 bits per heavy atom. The van der Waals surface area contributed by atoms with Crippen molar-refractivity contribution in [1.29, 1.82) is 0 Å². The maximum atomic E-state index is 5.42. The van der Waals surface area contributed by atoms with E-state index in [9.17, 15) is 0 Å². The third-order valence-corrected chi connectivity index (χ3v) is 3.64. The van der Waals surface area contributed by atoms with E-state index in [1.165, 1.54) is 19.3 Å². The monoisotopic (exact) mass is 245 g/mol. The summed E-state index contributed by atoms with van der Waals surface area (Å²) in [6.07, 6.45) is 6.74. The number of aromatic nitrogens is 2. The van der Waals surface area contributed by atoms with Crippen molar-refractivity contribution in [3.05, 3.63) is 30.2 Å². The lowest BCUT2D eigenvalue weighted by molar-refractivity contribution is 0.377. The van der Waals surface area contributed by atoms with E-state index >= 15 is 0 Å². The van der Waals surface area contributed by atoms with Gasteiger partial charge in [-0.05, 0) is 31.5 Å². The van der Waals surface area contributed by atoms with Crippen molar-refractivity contribution >= 4 is 5.52 Å². The van der Waals surface area contributed by atoms with Crippen LogP contribution in [-0.2, 0) is 6.42 Å². The second-order valence-corrected chi connectivity index (χ2v) is 4.85. The van der Waals surface area contributed by atoms with E-state index in [4.69, 9.17) is 4.74 Å². The molecule has 3 heterocycles. The highest BCUT2D eigenvalue weighted by Crippen LogP contribution is 2.19. The summed E-state index contributed by atoms with van der Waals surface area (Å²) in [5.74, 6) is 1.94. The van der Waals surface area contributed by atoms with Crippen molar-refractivity contribution < 1.29 is 4.74 Å². The molecule has 1 fully saturated rings. The number of hydrogen-bond acceptors (Lipinski definition) is 3. The van der Waals surface area contributed by atoms with Gasteiger partial charge in [0, 0.05) is 12.5 Å². The standard InChI is InChI=1S/C14H19N3O/c1-18-14-7-4-6-12-10-16-13(17(12)14)9-11-5-2-3-8-15-11/h4,6-7,10-11,15H,2-3,5,8-9H2,1H3. The highest BCUT2D eigenvalue weighted by Gasteiger charge is 2.16. The van der Waals surface area contributed by atoms with Gasteiger partial charge in [-0.2, -0.15) is 0 Å². The average Bonchev–Trinajstić information content (AvgIpc) is 2.83. The van der Waals surface area contributed by atoms with Crippen LogP contribution in [0.15, 0.2) is 24.4 Å². The molecule has 1 atom stereocenters. The van der Waals surface area contributed by atoms with E-state index in [0.717, 1.165) is 30.2 Å². The van der Waals surface area contributed by atoms with Gasteiger partial charge in [-0.25, -0.2) is 4.98 Å². The first-order chi connectivity index (χ1) is 8.88. The molecule has 18 heavy (non-hydrogen) atoms. The highest BCUT2D eigenvalue weighted by molar-refractivity contribution is 5.49. The number of hydrogen-bond donors (Lipinski definition) is 1. The first-order valence-electron chi connectivity index (χ1n) is 6.61. The summed E-state index contributed by atoms with van der Waals surface area (Å²) < 4.78 is 7.53. The topological polar surface area (TPSA) is 38.6 Å². The number of ether oxygens (including phenoxy) is 1. The van der Waals surface area contributed by atoms with Gasteiger partial charge < -0.3 is 10.1 Å². The van der Waals surface area contributed by atoms with Crippen LogP contribution in [0.2, 0.25) is 0 Å². The van der Waals surface area contributed by atoms with Gasteiger partial charge in [0.05, 0.1) is 18.8 Å². The fourth-order valence-electron chi connectivity index (χ4n) is 2.70. The van der Waals surface area contributed by atoms with Crippen LogP contribution in [0, 0.1) is 0 Å². The normalized spacial score (nSPS) is 20.2. The van der Waals surface area contributed by atoms with E-state index in [0.29, 0.717) is 6.04 Å². The molecule has 1 saturated heterocycles. The Morgan fingerprint density at radius 2 is 2.39 bits per heavy atom. The zero-order valence-electron chi connectivity index (χ0n) is 10.7. The maximum absolute atomic E-state index is 5.42. The van der Waals surface area contributed by atoms with Gasteiger partial charge in [0.1, 0.15) is 5.82 Å². The number of piperidine rings is 1. The van der Waals surface area contributed by atoms with E-state index in [-0.39, 0.29) is 0 Å². The molecule has 1 aliphatic rings. The summed E-state index contributed by atoms with van der Waals surface area (Å²) in [6, 6.07) is 6.59. The number of methoxy groups -OCH3 is 1. The van der Waals surface area contributed by atoms with E-state index in [1.807, 2.05) is 18.3 Å². The molecule has 2 aromatic rings. The van der Waals surface area contributed by atoms with Gasteiger partial charge in [-0.3, -0.25) is 4.40 Å². The van der Waals surface area contributed by atoms with Gasteiger partial charge in [0.25, 0.3) is 0 Å². The van der Waals surface area contributed by atoms with Crippen LogP contribution in [0.5, 0.6) is 5.88 Å². The number of pyridine rings is 1. The summed E-state index contributed by atoms with van der Waals surface area (Å²) in [4.78, 5) is 4.54. The molecule has 3 rings (SSSR count). The summed E-state index contributed by atoms with van der Waals surface area (Å²) in [6.45, 7) is 1.13. The Morgan fingerprint density at radius 1 is 1.44 bits per heavy atom. The van der Waals surface area contributed by atoms with Crippen LogP contribution >= 0.6 is 0 Å². The zero-order valence-corrected chi connectivity index (χ0v) is 10.7. The molecule has 0 radical (unpaired) electrons. The van der Waals surface area contributed by atoms with Crippen LogP contribution in [0.1, 0.15) is 25.1 Å². The van der Waals surface area contributed by atoms with E-state index < -0.39 is 0 Å². The molecule has 1 unspecified atom stereocenters. The maximum Gasteiger partial charge on any atom is 0.199 e. The smallest absolute Gasteiger partial charge is 0.199 e. The number of rotatable bonds is 3. The molecular weight excluding hydrogens is 226 g/mol. The Bertz CT molecular complexity index is 529. The lowest BCUT2D eigenvalue weighted by atomic mass is 10.0. The Hall–Kier alpha value is -1.55. The lowest BCUT2D eigenvalue weighted by Gasteiger charge is -2.23. The van der Waals surface area contributed by atoms with Crippen LogP contribution in [0.3, 0.4) is 0 Å². The number of imidazole rings is 1. The molecule has 0 spiro atoms. The molecule has 0 amide bonds. The van der Waals surface area contributed by atoms with E-state index in [2.05, 4.69) is 20.8 Å². The Kier molecular flexibility index (Phi) is 3.19. The molecule has 0 saturated carbocycles. The molecule has 2 aromatic heterocycles. The molecule has 0 aliphatic carbocycles. The Balaban J connectivity index is 1.91. The highest BCUT2D eigenvalue weighted by atomic mass is 16.5. The number of fused-ring (bicyclic) bond motifs is 1. The minimum Gasteiger partial charge on any atom is -0.482 e. The summed E-state index contributed by atoms with van der Waals surface area (Å²) >= 11 is 0. The minimum absolute atomic E-state index is 0.550.